The predicted molar refractivity (Wildman–Crippen MR) is 57.0 cm³/mol. The van der Waals surface area contributed by atoms with Gasteiger partial charge in [0.25, 0.3) is 0 Å². The predicted octanol–water partition coefficient (Wildman–Crippen LogP) is 2.46. The van der Waals surface area contributed by atoms with E-state index in [1.165, 1.54) is 0 Å². The van der Waals surface area contributed by atoms with Crippen molar-refractivity contribution < 1.29 is 9.90 Å². The van der Waals surface area contributed by atoms with Crippen LogP contribution < -0.4 is 0 Å². The van der Waals surface area contributed by atoms with E-state index >= 15 is 0 Å². The molecule has 1 N–H and O–H groups in total. The van der Waals surface area contributed by atoms with Gasteiger partial charge in [0, 0.05) is 6.42 Å². The molecule has 0 spiro atoms. The second-order valence-electron chi connectivity index (χ2n) is 4.45. The number of carbonyl (C=O) groups excluding carboxylic acids is 1. The van der Waals surface area contributed by atoms with Crippen molar-refractivity contribution in [1.82, 2.24) is 0 Å². The minimum absolute atomic E-state index is 0.199. The second kappa shape index (κ2) is 4.74. The average molecular weight is 196 g/mol. The Balaban J connectivity index is 2.80. The molecule has 2 heteroatoms. The molecule has 0 aliphatic heterocycles. The topological polar surface area (TPSA) is 37.3 Å². The van der Waals surface area contributed by atoms with Gasteiger partial charge in [-0.05, 0) is 26.2 Å². The number of Topliss-reactive ketones (excluding diaryl/α,β-unsaturated/α-hetero) is 1. The lowest BCUT2D eigenvalue weighted by molar-refractivity contribution is -0.135. The highest BCUT2D eigenvalue weighted by Crippen LogP contribution is 2.34. The fourth-order valence-electron chi connectivity index (χ4n) is 2.14. The summed E-state index contributed by atoms with van der Waals surface area (Å²) >= 11 is 0. The zero-order chi connectivity index (χ0) is 10.6. The standard InChI is InChI=1S/C12H20O2/c1-3-9-12(2)10(13)7-5-4-6-8-11(12)14/h3,10,13H,1,4-9H2,2H3. The molecule has 1 fully saturated rings. The summed E-state index contributed by atoms with van der Waals surface area (Å²) in [5.74, 6) is 0.199. The molecule has 1 aliphatic rings. The van der Waals surface area contributed by atoms with Crippen LogP contribution in [0.1, 0.15) is 45.4 Å². The highest BCUT2D eigenvalue weighted by Gasteiger charge is 2.38. The maximum absolute atomic E-state index is 11.9. The number of aliphatic hydroxyl groups excluding tert-OH is 1. The van der Waals surface area contributed by atoms with E-state index < -0.39 is 11.5 Å². The number of rotatable bonds is 2. The van der Waals surface area contributed by atoms with Crippen LogP contribution in [0.5, 0.6) is 0 Å². The first-order chi connectivity index (χ1) is 6.61. The molecule has 0 radical (unpaired) electrons. The summed E-state index contributed by atoms with van der Waals surface area (Å²) in [4.78, 5) is 11.9. The van der Waals surface area contributed by atoms with Gasteiger partial charge in [-0.2, -0.15) is 0 Å². The van der Waals surface area contributed by atoms with Crippen molar-refractivity contribution in [3.63, 3.8) is 0 Å². The molecule has 0 amide bonds. The van der Waals surface area contributed by atoms with Gasteiger partial charge in [-0.1, -0.05) is 18.9 Å². The molecule has 1 aliphatic carbocycles. The first kappa shape index (κ1) is 11.4. The lowest BCUT2D eigenvalue weighted by Gasteiger charge is -2.34. The van der Waals surface area contributed by atoms with Crippen LogP contribution in [0, 0.1) is 5.41 Å². The molecule has 0 heterocycles. The lowest BCUT2D eigenvalue weighted by Crippen LogP contribution is -2.40. The maximum Gasteiger partial charge on any atom is 0.141 e. The Bertz CT molecular complexity index is 222. The largest absolute Gasteiger partial charge is 0.392 e. The van der Waals surface area contributed by atoms with Gasteiger partial charge in [-0.25, -0.2) is 0 Å². The fraction of sp³-hybridized carbons (Fsp3) is 0.750. The summed E-state index contributed by atoms with van der Waals surface area (Å²) in [6.07, 6.45) is 6.26. The molecule has 80 valence electrons. The molecule has 2 nitrogen and oxygen atoms in total. The van der Waals surface area contributed by atoms with Crippen molar-refractivity contribution in [2.75, 3.05) is 0 Å². The third-order valence-electron chi connectivity index (χ3n) is 3.32. The van der Waals surface area contributed by atoms with E-state index in [4.69, 9.17) is 0 Å². The molecule has 2 unspecified atom stereocenters. The average Bonchev–Trinajstić information content (AvgIpc) is 2.15. The quantitative estimate of drug-likeness (QED) is 0.689. The van der Waals surface area contributed by atoms with E-state index in [-0.39, 0.29) is 5.78 Å². The monoisotopic (exact) mass is 196 g/mol. The number of hydrogen-bond donors (Lipinski definition) is 1. The van der Waals surface area contributed by atoms with Crippen molar-refractivity contribution in [2.24, 2.45) is 5.41 Å². The molecule has 0 aromatic heterocycles. The van der Waals surface area contributed by atoms with E-state index in [9.17, 15) is 9.90 Å². The lowest BCUT2D eigenvalue weighted by atomic mass is 9.72. The van der Waals surface area contributed by atoms with Gasteiger partial charge in [0.1, 0.15) is 5.78 Å². The van der Waals surface area contributed by atoms with Crippen LogP contribution in [0.3, 0.4) is 0 Å². The van der Waals surface area contributed by atoms with Crippen LogP contribution in [0.2, 0.25) is 0 Å². The third-order valence-corrected chi connectivity index (χ3v) is 3.32. The summed E-state index contributed by atoms with van der Waals surface area (Å²) in [5, 5.41) is 9.97. The molecule has 0 aromatic rings. The Labute approximate surface area is 86.0 Å². The highest BCUT2D eigenvalue weighted by molar-refractivity contribution is 5.85. The van der Waals surface area contributed by atoms with Crippen molar-refractivity contribution >= 4 is 5.78 Å². The van der Waals surface area contributed by atoms with Crippen molar-refractivity contribution in [3.8, 4) is 0 Å². The molecular formula is C12H20O2. The summed E-state index contributed by atoms with van der Waals surface area (Å²) in [5.41, 5.74) is -0.581. The van der Waals surface area contributed by atoms with Crippen molar-refractivity contribution in [2.45, 2.75) is 51.6 Å². The van der Waals surface area contributed by atoms with Crippen molar-refractivity contribution in [3.05, 3.63) is 12.7 Å². The fourth-order valence-corrected chi connectivity index (χ4v) is 2.14. The molecule has 0 aromatic carbocycles. The second-order valence-corrected chi connectivity index (χ2v) is 4.45. The normalized spacial score (nSPS) is 34.7. The Morgan fingerprint density at radius 2 is 2.29 bits per heavy atom. The summed E-state index contributed by atoms with van der Waals surface area (Å²) in [7, 11) is 0. The Hall–Kier alpha value is -0.630. The number of hydrogen-bond acceptors (Lipinski definition) is 2. The minimum atomic E-state index is -0.581. The molecule has 0 bridgehead atoms. The highest BCUT2D eigenvalue weighted by atomic mass is 16.3. The Morgan fingerprint density at radius 3 is 2.93 bits per heavy atom. The van der Waals surface area contributed by atoms with Crippen LogP contribution in [0.15, 0.2) is 12.7 Å². The molecule has 1 rings (SSSR count). The molecule has 2 atom stereocenters. The van der Waals surface area contributed by atoms with Crippen LogP contribution in [-0.4, -0.2) is 17.0 Å². The van der Waals surface area contributed by atoms with E-state index in [1.807, 2.05) is 6.92 Å². The van der Waals surface area contributed by atoms with E-state index in [0.717, 1.165) is 25.7 Å². The number of allylic oxidation sites excluding steroid dienone is 1. The number of ketones is 1. The third kappa shape index (κ3) is 2.24. The smallest absolute Gasteiger partial charge is 0.141 e. The van der Waals surface area contributed by atoms with E-state index in [1.54, 1.807) is 6.08 Å². The summed E-state index contributed by atoms with van der Waals surface area (Å²) < 4.78 is 0. The minimum Gasteiger partial charge on any atom is -0.392 e. The Morgan fingerprint density at radius 1 is 1.57 bits per heavy atom. The van der Waals surface area contributed by atoms with Gasteiger partial charge in [0.15, 0.2) is 0 Å². The van der Waals surface area contributed by atoms with E-state index in [2.05, 4.69) is 6.58 Å². The van der Waals surface area contributed by atoms with Crippen LogP contribution in [0.25, 0.3) is 0 Å². The molecule has 0 saturated heterocycles. The summed E-state index contributed by atoms with van der Waals surface area (Å²) in [6.45, 7) is 5.53. The molecular weight excluding hydrogens is 176 g/mol. The van der Waals surface area contributed by atoms with Gasteiger partial charge >= 0.3 is 0 Å². The zero-order valence-electron chi connectivity index (χ0n) is 8.96. The van der Waals surface area contributed by atoms with Crippen molar-refractivity contribution in [1.29, 1.82) is 0 Å². The molecule has 1 saturated carbocycles. The maximum atomic E-state index is 11.9. The SMILES string of the molecule is C=CCC1(C)C(=O)CCCCCC1O. The van der Waals surface area contributed by atoms with Gasteiger partial charge in [-0.15, -0.1) is 6.58 Å². The van der Waals surface area contributed by atoms with Gasteiger partial charge in [-0.3, -0.25) is 4.79 Å². The number of carbonyl (C=O) groups is 1. The molecule has 14 heavy (non-hydrogen) atoms. The van der Waals surface area contributed by atoms with Crippen LogP contribution >= 0.6 is 0 Å². The van der Waals surface area contributed by atoms with Crippen LogP contribution in [-0.2, 0) is 4.79 Å². The van der Waals surface area contributed by atoms with Gasteiger partial charge in [0.05, 0.1) is 11.5 Å². The first-order valence-corrected chi connectivity index (χ1v) is 5.43. The number of aliphatic hydroxyl groups is 1. The van der Waals surface area contributed by atoms with Gasteiger partial charge in [0.2, 0.25) is 0 Å². The zero-order valence-corrected chi connectivity index (χ0v) is 8.96. The van der Waals surface area contributed by atoms with E-state index in [0.29, 0.717) is 12.8 Å². The summed E-state index contributed by atoms with van der Waals surface area (Å²) in [6, 6.07) is 0. The van der Waals surface area contributed by atoms with Gasteiger partial charge < -0.3 is 5.11 Å². The Kier molecular flexibility index (Phi) is 3.87. The van der Waals surface area contributed by atoms with Crippen LogP contribution in [0.4, 0.5) is 0 Å². The first-order valence-electron chi connectivity index (χ1n) is 5.43.